The van der Waals surface area contributed by atoms with E-state index in [0.717, 1.165) is 41.7 Å². The van der Waals surface area contributed by atoms with E-state index in [-0.39, 0.29) is 23.8 Å². The molecule has 63 heavy (non-hydrogen) atoms. The molecular formula is C42H43F6N7O8. The van der Waals surface area contributed by atoms with Crippen molar-refractivity contribution in [3.63, 3.8) is 0 Å². The van der Waals surface area contributed by atoms with E-state index < -0.39 is 24.3 Å². The molecule has 0 radical (unpaired) electrons. The summed E-state index contributed by atoms with van der Waals surface area (Å²) in [5, 5.41) is 24.1. The van der Waals surface area contributed by atoms with Crippen LogP contribution in [0.4, 0.5) is 37.7 Å². The SMILES string of the molecule is CC(C)n1cc(NC(=O)c2cc(NC(=O)c3ccc(/C=C/c4cnc5ccccc5c4)cc3)cn2C)cc1C(=O)NCCN1CCOCC1.O=C(O)C(F)(F)F.O=C(O)C(F)(F)F. The molecule has 4 heterocycles. The van der Waals surface area contributed by atoms with Gasteiger partial charge in [0.1, 0.15) is 11.4 Å². The maximum Gasteiger partial charge on any atom is 0.490 e. The van der Waals surface area contributed by atoms with Crippen LogP contribution in [-0.4, -0.2) is 111 Å². The largest absolute Gasteiger partial charge is 0.490 e. The number of halogens is 6. The third-order valence-electron chi connectivity index (χ3n) is 8.95. The Morgan fingerprint density at radius 3 is 1.92 bits per heavy atom. The quantitative estimate of drug-likeness (QED) is 0.0865. The molecule has 1 fully saturated rings. The summed E-state index contributed by atoms with van der Waals surface area (Å²) in [6, 6.07) is 20.7. The first-order valence-corrected chi connectivity index (χ1v) is 18.9. The highest BCUT2D eigenvalue weighted by atomic mass is 19.4. The maximum atomic E-state index is 13.3. The highest BCUT2D eigenvalue weighted by Gasteiger charge is 2.39. The zero-order valence-electron chi connectivity index (χ0n) is 34.0. The summed E-state index contributed by atoms with van der Waals surface area (Å²) in [6.45, 7) is 8.37. The fraction of sp³-hybridized carbons (Fsp3) is 0.286. The number of aromatic nitrogens is 3. The lowest BCUT2D eigenvalue weighted by molar-refractivity contribution is -0.193. The minimum Gasteiger partial charge on any atom is -0.475 e. The van der Waals surface area contributed by atoms with Crippen LogP contribution in [0.5, 0.6) is 0 Å². The number of aryl methyl sites for hydroxylation is 1. The number of carboxylic acid groups (broad SMARTS) is 2. The lowest BCUT2D eigenvalue weighted by Crippen LogP contribution is -2.41. The third kappa shape index (κ3) is 14.8. The van der Waals surface area contributed by atoms with E-state index in [9.17, 15) is 40.7 Å². The molecule has 0 spiro atoms. The Kier molecular flexibility index (Phi) is 16.8. The number of aliphatic carboxylic acids is 2. The number of carboxylic acids is 2. The number of carbonyl (C=O) groups excluding carboxylic acids is 3. The van der Waals surface area contributed by atoms with Crippen molar-refractivity contribution >= 4 is 64.1 Å². The number of nitrogens with one attached hydrogen (secondary N) is 3. The molecule has 3 aromatic heterocycles. The van der Waals surface area contributed by atoms with E-state index in [1.165, 1.54) is 0 Å². The number of fused-ring (bicyclic) bond motifs is 1. The topological polar surface area (TPSA) is 197 Å². The van der Waals surface area contributed by atoms with E-state index in [1.54, 1.807) is 48.3 Å². The molecule has 5 aromatic rings. The molecule has 1 aliphatic heterocycles. The number of carbonyl (C=O) groups is 5. The first-order chi connectivity index (χ1) is 29.6. The van der Waals surface area contributed by atoms with E-state index in [0.29, 0.717) is 48.1 Å². The van der Waals surface area contributed by atoms with Gasteiger partial charge in [0.05, 0.1) is 30.1 Å². The molecule has 336 valence electrons. The Balaban J connectivity index is 0.000000537. The van der Waals surface area contributed by atoms with Crippen molar-refractivity contribution in [1.82, 2.24) is 24.3 Å². The predicted octanol–water partition coefficient (Wildman–Crippen LogP) is 6.96. The minimum absolute atomic E-state index is 0.00879. The molecule has 3 amide bonds. The monoisotopic (exact) mass is 887 g/mol. The molecule has 15 nitrogen and oxygen atoms in total. The van der Waals surface area contributed by atoms with Crippen LogP contribution >= 0.6 is 0 Å². The molecule has 0 atom stereocenters. The molecule has 5 N–H and O–H groups in total. The van der Waals surface area contributed by atoms with Gasteiger partial charge in [0.15, 0.2) is 0 Å². The van der Waals surface area contributed by atoms with Crippen molar-refractivity contribution < 1.29 is 65.3 Å². The van der Waals surface area contributed by atoms with Crippen LogP contribution < -0.4 is 16.0 Å². The summed E-state index contributed by atoms with van der Waals surface area (Å²) >= 11 is 0. The zero-order valence-corrected chi connectivity index (χ0v) is 34.0. The van der Waals surface area contributed by atoms with Crippen molar-refractivity contribution in [3.05, 3.63) is 113 Å². The van der Waals surface area contributed by atoms with Gasteiger partial charge in [0.25, 0.3) is 17.7 Å². The normalized spacial score (nSPS) is 13.1. The zero-order chi connectivity index (χ0) is 46.5. The number of ether oxygens (including phenoxy) is 1. The van der Waals surface area contributed by atoms with Gasteiger partial charge in [0.2, 0.25) is 0 Å². The molecule has 6 rings (SSSR count). The van der Waals surface area contributed by atoms with Crippen LogP contribution in [0.3, 0.4) is 0 Å². The average molecular weight is 888 g/mol. The number of alkyl halides is 6. The lowest BCUT2D eigenvalue weighted by atomic mass is 10.1. The standard InChI is InChI=1S/C38H41N7O4.2C2HF3O2/c1-26(2)45-25-32(22-35(45)37(47)39-14-15-44-16-18-49-19-17-44)42-38(48)34-21-31(24-43(34)3)41-36(46)29-12-10-27(11-13-29)8-9-28-20-30-6-4-5-7-33(30)40-23-28;2*3-2(4,5)1(6)7/h4-13,20-26H,14-19H2,1-3H3,(H,39,47)(H,41,46)(H,42,48);2*(H,6,7)/b9-8+;;. The first kappa shape index (κ1) is 48.7. The fourth-order valence-electron chi connectivity index (χ4n) is 5.77. The van der Waals surface area contributed by atoms with Gasteiger partial charge in [-0.3, -0.25) is 24.3 Å². The molecule has 1 aliphatic rings. The van der Waals surface area contributed by atoms with E-state index in [2.05, 4.69) is 31.9 Å². The number of anilines is 2. The Morgan fingerprint density at radius 1 is 0.762 bits per heavy atom. The van der Waals surface area contributed by atoms with Gasteiger partial charge in [0, 0.05) is 68.8 Å². The van der Waals surface area contributed by atoms with Gasteiger partial charge in [-0.2, -0.15) is 26.3 Å². The Hall–Kier alpha value is -7.00. The lowest BCUT2D eigenvalue weighted by Gasteiger charge is -2.26. The second-order valence-electron chi connectivity index (χ2n) is 14.0. The number of rotatable bonds is 11. The van der Waals surface area contributed by atoms with Crippen LogP contribution in [0.2, 0.25) is 0 Å². The number of hydrogen-bond acceptors (Lipinski definition) is 8. The number of para-hydroxylation sites is 1. The fourth-order valence-corrected chi connectivity index (χ4v) is 5.77. The summed E-state index contributed by atoms with van der Waals surface area (Å²) < 4.78 is 72.4. The Bertz CT molecular complexity index is 2400. The van der Waals surface area contributed by atoms with Crippen molar-refractivity contribution in [1.29, 1.82) is 0 Å². The van der Waals surface area contributed by atoms with E-state index >= 15 is 0 Å². The second kappa shape index (κ2) is 21.7. The van der Waals surface area contributed by atoms with Gasteiger partial charge in [-0.05, 0) is 61.4 Å². The smallest absolute Gasteiger partial charge is 0.475 e. The van der Waals surface area contributed by atoms with Gasteiger partial charge in [-0.15, -0.1) is 0 Å². The van der Waals surface area contributed by atoms with Crippen LogP contribution in [0.25, 0.3) is 23.1 Å². The molecule has 21 heteroatoms. The number of nitrogens with zero attached hydrogens (tertiary/aromatic N) is 4. The highest BCUT2D eigenvalue weighted by molar-refractivity contribution is 6.07. The number of morpholine rings is 1. The molecule has 0 aliphatic carbocycles. The number of amides is 3. The van der Waals surface area contributed by atoms with Gasteiger partial charge < -0.3 is 40.0 Å². The molecule has 0 unspecified atom stereocenters. The summed E-state index contributed by atoms with van der Waals surface area (Å²) in [5.74, 6) is -6.36. The summed E-state index contributed by atoms with van der Waals surface area (Å²) in [4.78, 5) is 64.0. The number of pyridine rings is 1. The van der Waals surface area contributed by atoms with Crippen LogP contribution in [0.15, 0.2) is 85.3 Å². The molecule has 0 bridgehead atoms. The Labute approximate surface area is 356 Å². The maximum absolute atomic E-state index is 13.3. The minimum atomic E-state index is -5.08. The van der Waals surface area contributed by atoms with E-state index in [1.807, 2.05) is 73.2 Å². The summed E-state index contributed by atoms with van der Waals surface area (Å²) in [7, 11) is 1.74. The highest BCUT2D eigenvalue weighted by Crippen LogP contribution is 2.22. The third-order valence-corrected chi connectivity index (χ3v) is 8.95. The molecule has 1 saturated heterocycles. The first-order valence-electron chi connectivity index (χ1n) is 18.9. The summed E-state index contributed by atoms with van der Waals surface area (Å²) in [5.41, 5.74) is 5.21. The number of benzene rings is 2. The van der Waals surface area contributed by atoms with Gasteiger partial charge in [-0.25, -0.2) is 9.59 Å². The van der Waals surface area contributed by atoms with Crippen molar-refractivity contribution in [2.45, 2.75) is 32.2 Å². The van der Waals surface area contributed by atoms with E-state index in [4.69, 9.17) is 24.5 Å². The molecule has 0 saturated carbocycles. The van der Waals surface area contributed by atoms with Crippen LogP contribution in [0, 0.1) is 0 Å². The van der Waals surface area contributed by atoms with Crippen molar-refractivity contribution in [2.75, 3.05) is 50.0 Å². The molecule has 2 aromatic carbocycles. The van der Waals surface area contributed by atoms with Crippen molar-refractivity contribution in [3.8, 4) is 0 Å². The predicted molar refractivity (Wildman–Crippen MR) is 220 cm³/mol. The summed E-state index contributed by atoms with van der Waals surface area (Å²) in [6.07, 6.45) is -0.905. The average Bonchev–Trinajstić information content (AvgIpc) is 3.83. The molecular weight excluding hydrogens is 844 g/mol. The number of hydrogen-bond donors (Lipinski definition) is 5. The van der Waals surface area contributed by atoms with Gasteiger partial charge >= 0.3 is 24.3 Å². The van der Waals surface area contributed by atoms with Gasteiger partial charge in [-0.1, -0.05) is 42.5 Å². The Morgan fingerprint density at radius 2 is 1.32 bits per heavy atom. The van der Waals surface area contributed by atoms with Crippen LogP contribution in [0.1, 0.15) is 62.4 Å². The second-order valence-corrected chi connectivity index (χ2v) is 14.0. The van der Waals surface area contributed by atoms with Crippen molar-refractivity contribution in [2.24, 2.45) is 7.05 Å². The van der Waals surface area contributed by atoms with Crippen LogP contribution in [-0.2, 0) is 21.4 Å².